The Kier molecular flexibility index (Phi) is 9.80. The van der Waals surface area contributed by atoms with Crippen molar-refractivity contribution >= 4 is 70.1 Å². The molecule has 0 aliphatic rings. The van der Waals surface area contributed by atoms with Crippen LogP contribution >= 0.6 is 35.0 Å². The molecule has 0 radical (unpaired) electrons. The monoisotopic (exact) mass is 575 g/mol. The van der Waals surface area contributed by atoms with E-state index in [1.807, 2.05) is 6.07 Å². The molecule has 0 unspecified atom stereocenters. The summed E-state index contributed by atoms with van der Waals surface area (Å²) in [6.45, 7) is 0. The van der Waals surface area contributed by atoms with Crippen LogP contribution in [0.3, 0.4) is 0 Å². The highest BCUT2D eigenvalue weighted by Crippen LogP contribution is 2.24. The van der Waals surface area contributed by atoms with Gasteiger partial charge in [0.2, 0.25) is 5.91 Å². The summed E-state index contributed by atoms with van der Waals surface area (Å²) in [4.78, 5) is 39.2. The molecule has 0 saturated heterocycles. The maximum Gasteiger partial charge on any atom is 0.272 e. The number of amides is 3. The molecule has 0 saturated carbocycles. The second-order valence-corrected chi connectivity index (χ2v) is 10.1. The zero-order chi connectivity index (χ0) is 27.6. The Morgan fingerprint density at radius 1 is 0.769 bits per heavy atom. The van der Waals surface area contributed by atoms with Gasteiger partial charge < -0.3 is 16.0 Å². The maximum absolute atomic E-state index is 13.3. The number of rotatable bonds is 9. The minimum absolute atomic E-state index is 0.0587. The minimum Gasteiger partial charge on any atom is -0.324 e. The standard InChI is InChI=1S/C30H23Cl2N3O3S/c31-22-15-13-20(14-16-22)17-27(35-29(37)21-7-2-1-3-8-21)30(38)33-23-9-6-10-24(18-23)39-19-28(36)34-26-12-5-4-11-25(26)32/h1-18H,19H2,(H,33,38)(H,34,36)(H,35,37)/b27-17-. The van der Waals surface area contributed by atoms with Crippen molar-refractivity contribution < 1.29 is 14.4 Å². The van der Waals surface area contributed by atoms with Crippen molar-refractivity contribution in [2.75, 3.05) is 16.4 Å². The summed E-state index contributed by atoms with van der Waals surface area (Å²) in [6, 6.07) is 29.6. The first kappa shape index (κ1) is 28.0. The highest BCUT2D eigenvalue weighted by atomic mass is 35.5. The van der Waals surface area contributed by atoms with E-state index in [1.54, 1.807) is 103 Å². The van der Waals surface area contributed by atoms with Crippen molar-refractivity contribution in [2.24, 2.45) is 0 Å². The number of nitrogens with one attached hydrogen (secondary N) is 3. The first-order valence-electron chi connectivity index (χ1n) is 11.8. The van der Waals surface area contributed by atoms with Crippen LogP contribution in [0.1, 0.15) is 15.9 Å². The van der Waals surface area contributed by atoms with E-state index >= 15 is 0 Å². The van der Waals surface area contributed by atoms with Crippen LogP contribution < -0.4 is 16.0 Å². The number of hydrogen-bond donors (Lipinski definition) is 3. The van der Waals surface area contributed by atoms with Crippen LogP contribution in [0.4, 0.5) is 11.4 Å². The molecule has 0 fully saturated rings. The van der Waals surface area contributed by atoms with Crippen molar-refractivity contribution in [1.29, 1.82) is 0 Å². The highest BCUT2D eigenvalue weighted by molar-refractivity contribution is 8.00. The summed E-state index contributed by atoms with van der Waals surface area (Å²) in [6.07, 6.45) is 1.57. The lowest BCUT2D eigenvalue weighted by Crippen LogP contribution is -2.30. The molecule has 4 aromatic rings. The molecule has 0 heterocycles. The molecule has 196 valence electrons. The van der Waals surface area contributed by atoms with Gasteiger partial charge in [-0.25, -0.2) is 0 Å². The second kappa shape index (κ2) is 13.7. The van der Waals surface area contributed by atoms with E-state index in [0.717, 1.165) is 4.90 Å². The SMILES string of the molecule is O=C(CSc1cccc(NC(=O)/C(=C/c2ccc(Cl)cc2)NC(=O)c2ccccc2)c1)Nc1ccccc1Cl. The number of para-hydroxylation sites is 1. The van der Waals surface area contributed by atoms with Crippen LogP contribution in [0, 0.1) is 0 Å². The predicted molar refractivity (Wildman–Crippen MR) is 159 cm³/mol. The van der Waals surface area contributed by atoms with Gasteiger partial charge in [-0.1, -0.05) is 71.7 Å². The molecule has 0 aromatic heterocycles. The molecule has 3 amide bonds. The molecule has 0 spiro atoms. The van der Waals surface area contributed by atoms with Crippen molar-refractivity contribution in [3.63, 3.8) is 0 Å². The van der Waals surface area contributed by atoms with E-state index in [4.69, 9.17) is 23.2 Å². The molecular formula is C30H23Cl2N3O3S. The molecule has 4 rings (SSSR count). The first-order chi connectivity index (χ1) is 18.9. The quantitative estimate of drug-likeness (QED) is 0.146. The van der Waals surface area contributed by atoms with E-state index < -0.39 is 11.8 Å². The molecular weight excluding hydrogens is 553 g/mol. The number of carbonyl (C=O) groups is 3. The Balaban J connectivity index is 1.45. The molecule has 39 heavy (non-hydrogen) atoms. The Morgan fingerprint density at radius 2 is 1.49 bits per heavy atom. The third-order valence-corrected chi connectivity index (χ3v) is 6.89. The number of anilines is 2. The minimum atomic E-state index is -0.507. The summed E-state index contributed by atoms with van der Waals surface area (Å²) in [5.74, 6) is -0.982. The summed E-state index contributed by atoms with van der Waals surface area (Å²) in [7, 11) is 0. The largest absolute Gasteiger partial charge is 0.324 e. The van der Waals surface area contributed by atoms with Gasteiger partial charge in [-0.05, 0) is 66.2 Å². The van der Waals surface area contributed by atoms with E-state index in [1.165, 1.54) is 11.8 Å². The van der Waals surface area contributed by atoms with Gasteiger partial charge in [-0.15, -0.1) is 11.8 Å². The predicted octanol–water partition coefficient (Wildman–Crippen LogP) is 7.13. The van der Waals surface area contributed by atoms with Crippen molar-refractivity contribution in [2.45, 2.75) is 4.90 Å². The topological polar surface area (TPSA) is 87.3 Å². The Morgan fingerprint density at radius 3 is 2.23 bits per heavy atom. The Hall–Kier alpha value is -4.04. The lowest BCUT2D eigenvalue weighted by Gasteiger charge is -2.12. The molecule has 6 nitrogen and oxygen atoms in total. The summed E-state index contributed by atoms with van der Waals surface area (Å²) in [5, 5.41) is 9.33. The average molecular weight is 577 g/mol. The van der Waals surface area contributed by atoms with Gasteiger partial charge >= 0.3 is 0 Å². The van der Waals surface area contributed by atoms with Crippen LogP contribution in [0.2, 0.25) is 10.0 Å². The summed E-state index contributed by atoms with van der Waals surface area (Å²) < 4.78 is 0. The van der Waals surface area contributed by atoms with Crippen LogP contribution in [0.15, 0.2) is 114 Å². The number of carbonyl (C=O) groups excluding carboxylic acids is 3. The lowest BCUT2D eigenvalue weighted by atomic mass is 10.1. The number of hydrogen-bond acceptors (Lipinski definition) is 4. The van der Waals surface area contributed by atoms with E-state index in [2.05, 4.69) is 16.0 Å². The van der Waals surface area contributed by atoms with Gasteiger partial charge in [0.1, 0.15) is 5.70 Å². The molecule has 3 N–H and O–H groups in total. The highest BCUT2D eigenvalue weighted by Gasteiger charge is 2.15. The number of thioether (sulfide) groups is 1. The fraction of sp³-hybridized carbons (Fsp3) is 0.0333. The zero-order valence-corrected chi connectivity index (χ0v) is 22.8. The van der Waals surface area contributed by atoms with Gasteiger partial charge in [0.05, 0.1) is 16.5 Å². The lowest BCUT2D eigenvalue weighted by molar-refractivity contribution is -0.114. The van der Waals surface area contributed by atoms with Gasteiger partial charge in [0.15, 0.2) is 0 Å². The molecule has 0 aliphatic carbocycles. The Bertz CT molecular complexity index is 1510. The third-order valence-electron chi connectivity index (χ3n) is 5.32. The zero-order valence-electron chi connectivity index (χ0n) is 20.5. The smallest absolute Gasteiger partial charge is 0.272 e. The summed E-state index contributed by atoms with van der Waals surface area (Å²) >= 11 is 13.4. The van der Waals surface area contributed by atoms with Gasteiger partial charge in [0, 0.05) is 21.2 Å². The second-order valence-electron chi connectivity index (χ2n) is 8.23. The van der Waals surface area contributed by atoms with Crippen LogP contribution in [0.5, 0.6) is 0 Å². The molecule has 0 bridgehead atoms. The third kappa shape index (κ3) is 8.48. The molecule has 0 aliphatic heterocycles. The molecule has 4 aromatic carbocycles. The summed E-state index contributed by atoms with van der Waals surface area (Å²) in [5.41, 5.74) is 2.21. The van der Waals surface area contributed by atoms with Gasteiger partial charge in [-0.2, -0.15) is 0 Å². The van der Waals surface area contributed by atoms with Gasteiger partial charge in [0.25, 0.3) is 11.8 Å². The maximum atomic E-state index is 13.3. The van der Waals surface area contributed by atoms with Gasteiger partial charge in [-0.3, -0.25) is 14.4 Å². The number of benzene rings is 4. The molecule has 0 atom stereocenters. The normalized spacial score (nSPS) is 11.0. The fourth-order valence-electron chi connectivity index (χ4n) is 3.43. The number of halogens is 2. The Labute approximate surface area is 240 Å². The molecule has 9 heteroatoms. The average Bonchev–Trinajstić information content (AvgIpc) is 2.94. The van der Waals surface area contributed by atoms with E-state index in [0.29, 0.717) is 32.5 Å². The van der Waals surface area contributed by atoms with E-state index in [9.17, 15) is 14.4 Å². The van der Waals surface area contributed by atoms with Crippen molar-refractivity contribution in [1.82, 2.24) is 5.32 Å². The van der Waals surface area contributed by atoms with Crippen molar-refractivity contribution in [3.05, 3.63) is 130 Å². The van der Waals surface area contributed by atoms with E-state index in [-0.39, 0.29) is 17.4 Å². The van der Waals surface area contributed by atoms with Crippen LogP contribution in [-0.2, 0) is 9.59 Å². The first-order valence-corrected chi connectivity index (χ1v) is 13.5. The fourth-order valence-corrected chi connectivity index (χ4v) is 4.49. The van der Waals surface area contributed by atoms with Crippen molar-refractivity contribution in [3.8, 4) is 0 Å². The van der Waals surface area contributed by atoms with Crippen LogP contribution in [-0.4, -0.2) is 23.5 Å². The van der Waals surface area contributed by atoms with Crippen LogP contribution in [0.25, 0.3) is 6.08 Å².